The molecule has 5 heteroatoms. The fraction of sp³-hybridized carbons (Fsp3) is 0.178. The number of hydrogen-bond acceptors (Lipinski definition) is 4. The van der Waals surface area contributed by atoms with Gasteiger partial charge >= 0.3 is 0 Å². The minimum Gasteiger partial charge on any atom is -0.310 e. The third kappa shape index (κ3) is 10.0. The van der Waals surface area contributed by atoms with E-state index in [0.717, 1.165) is 50.8 Å². The van der Waals surface area contributed by atoms with Crippen LogP contribution in [-0.2, 0) is 21.7 Å². The quantitative estimate of drug-likeness (QED) is 0.149. The van der Waals surface area contributed by atoms with E-state index in [-0.39, 0.29) is 28.4 Å². The summed E-state index contributed by atoms with van der Waals surface area (Å²) in [4.78, 5) is 16.8. The molecule has 4 aliphatic heterocycles. The van der Waals surface area contributed by atoms with Crippen molar-refractivity contribution in [1.29, 1.82) is 0 Å². The molecule has 0 spiro atoms. The SMILES string of the molecule is CC(C)(C)c1ccc2c(c1)C(=C(c1ccccc1)c1ccccc1)c1cc(C(C)(C)C)cc3c1N2c1cc(-c2nc(-c4ccccc4)cc(-c4ccccc4)n2)cc2c1B3c1cc(C(C)(C)C)cc3c1N2c1ccc(C(C)(C)C)cc1C3=C(c1ccccc1)c1ccccc1. The van der Waals surface area contributed by atoms with Gasteiger partial charge < -0.3 is 9.80 Å². The zero-order chi connectivity index (χ0) is 65.4. The molecular weight excluding hydrogens is 1150 g/mol. The number of aromatic nitrogens is 2. The highest BCUT2D eigenvalue weighted by atomic mass is 15.2. The summed E-state index contributed by atoms with van der Waals surface area (Å²) in [7, 11) is 0. The highest BCUT2D eigenvalue weighted by Gasteiger charge is 2.50. The molecule has 0 saturated heterocycles. The minimum absolute atomic E-state index is 0.156. The molecule has 0 N–H and O–H groups in total. The summed E-state index contributed by atoms with van der Waals surface area (Å²) >= 11 is 0. The molecule has 4 nitrogen and oxygen atoms in total. The lowest BCUT2D eigenvalue weighted by Gasteiger charge is -2.50. The van der Waals surface area contributed by atoms with E-state index in [0.29, 0.717) is 5.82 Å². The Morgan fingerprint density at radius 2 is 0.611 bits per heavy atom. The molecule has 0 amide bonds. The lowest BCUT2D eigenvalue weighted by molar-refractivity contribution is 0.589. The second kappa shape index (κ2) is 22.1. The summed E-state index contributed by atoms with van der Waals surface area (Å²) in [5.41, 5.74) is 34.3. The maximum atomic E-state index is 5.70. The van der Waals surface area contributed by atoms with E-state index in [1.165, 1.54) is 117 Å². The number of anilines is 6. The fourth-order valence-electron chi connectivity index (χ4n) is 15.2. The average molecular weight is 1230 g/mol. The number of hydrogen-bond donors (Lipinski definition) is 0. The molecule has 1 aromatic heterocycles. The second-order valence-corrected chi connectivity index (χ2v) is 30.6. The molecule has 0 saturated carbocycles. The molecule has 0 atom stereocenters. The van der Waals surface area contributed by atoms with Crippen LogP contribution in [0.3, 0.4) is 0 Å². The van der Waals surface area contributed by atoms with Crippen LogP contribution in [0.5, 0.6) is 0 Å². The summed E-state index contributed by atoms with van der Waals surface area (Å²) in [6, 6.07) is 98.0. The zero-order valence-electron chi connectivity index (χ0n) is 56.7. The Morgan fingerprint density at radius 1 is 0.295 bits per heavy atom. The van der Waals surface area contributed by atoms with Crippen molar-refractivity contribution in [3.05, 3.63) is 328 Å². The normalized spacial score (nSPS) is 13.6. The second-order valence-electron chi connectivity index (χ2n) is 30.6. The van der Waals surface area contributed by atoms with E-state index in [2.05, 4.69) is 354 Å². The van der Waals surface area contributed by atoms with Crippen LogP contribution in [-0.4, -0.2) is 16.7 Å². The molecule has 95 heavy (non-hydrogen) atoms. The van der Waals surface area contributed by atoms with Crippen LogP contribution >= 0.6 is 0 Å². The van der Waals surface area contributed by atoms with Gasteiger partial charge in [-0.2, -0.15) is 0 Å². The molecule has 12 aromatic rings. The van der Waals surface area contributed by atoms with Crippen molar-refractivity contribution >= 4 is 79.5 Å². The first-order chi connectivity index (χ1) is 45.7. The molecule has 0 aliphatic carbocycles. The highest BCUT2D eigenvalue weighted by molar-refractivity contribution is 7.00. The van der Waals surface area contributed by atoms with Crippen LogP contribution < -0.4 is 26.2 Å². The summed E-state index contributed by atoms with van der Waals surface area (Å²) < 4.78 is 0. The van der Waals surface area contributed by atoms with Crippen molar-refractivity contribution in [3.8, 4) is 33.9 Å². The fourth-order valence-corrected chi connectivity index (χ4v) is 15.2. The largest absolute Gasteiger partial charge is 0.310 e. The van der Waals surface area contributed by atoms with E-state index in [1.54, 1.807) is 0 Å². The van der Waals surface area contributed by atoms with Crippen LogP contribution in [0, 0.1) is 0 Å². The van der Waals surface area contributed by atoms with Gasteiger partial charge in [-0.05, 0) is 148 Å². The summed E-state index contributed by atoms with van der Waals surface area (Å²) in [5, 5.41) is 0. The van der Waals surface area contributed by atoms with E-state index in [4.69, 9.17) is 9.97 Å². The van der Waals surface area contributed by atoms with Gasteiger partial charge in [-0.15, -0.1) is 0 Å². The Kier molecular flexibility index (Phi) is 13.9. The Balaban J connectivity index is 1.13. The molecule has 0 radical (unpaired) electrons. The van der Waals surface area contributed by atoms with Crippen LogP contribution in [0.25, 0.3) is 56.2 Å². The predicted molar refractivity (Wildman–Crippen MR) is 403 cm³/mol. The summed E-state index contributed by atoms with van der Waals surface area (Å²) in [5.74, 6) is 0.664. The van der Waals surface area contributed by atoms with E-state index in [1.807, 2.05) is 0 Å². The van der Waals surface area contributed by atoms with Crippen molar-refractivity contribution in [1.82, 2.24) is 9.97 Å². The lowest BCUT2D eigenvalue weighted by atomic mass is 9.32. The molecular formula is C90H79BN4. The molecule has 11 aromatic carbocycles. The molecule has 0 fully saturated rings. The Labute approximate surface area is 562 Å². The Morgan fingerprint density at radius 3 is 0.937 bits per heavy atom. The van der Waals surface area contributed by atoms with Crippen molar-refractivity contribution in [2.45, 2.75) is 105 Å². The Hall–Kier alpha value is -10.4. The first-order valence-electron chi connectivity index (χ1n) is 33.8. The maximum absolute atomic E-state index is 5.70. The number of rotatable bonds is 7. The standard InChI is InChI=1S/C90H79BN4/c1-87(2,3)63-43-45-75-67(49-63)81(79(58-35-23-15-24-36-58)59-37-25-16-26-38-59)69-51-65(89(7,8)9)53-71-84(69)94(75)77-47-62(86-92-73(56-31-19-13-20-32-56)55-74(93-86)57-33-21-14-22-34-57)48-78-83(77)91(71)72-54-66(90(10,11)12)52-70-82(80(60-39-27-17-28-40-60)61-41-29-18-30-42-61)68-50-64(88(4,5)6)44-46-76(68)95(78)85(70)72/h13-55H,1-12H3. The monoisotopic (exact) mass is 1230 g/mol. The first kappa shape index (κ1) is 59.6. The van der Waals surface area contributed by atoms with Gasteiger partial charge in [0.05, 0.1) is 22.8 Å². The number of nitrogens with zero attached hydrogens (tertiary/aromatic N) is 4. The highest BCUT2D eigenvalue weighted by Crippen LogP contribution is 2.59. The van der Waals surface area contributed by atoms with Gasteiger partial charge in [0.15, 0.2) is 5.82 Å². The van der Waals surface area contributed by atoms with E-state index >= 15 is 0 Å². The molecule has 5 heterocycles. The molecule has 0 unspecified atom stereocenters. The predicted octanol–water partition coefficient (Wildman–Crippen LogP) is 21.4. The van der Waals surface area contributed by atoms with Crippen LogP contribution in [0.1, 0.15) is 150 Å². The minimum atomic E-state index is -0.244. The van der Waals surface area contributed by atoms with Crippen LogP contribution in [0.2, 0.25) is 0 Å². The smallest absolute Gasteiger partial charge is 0.252 e. The third-order valence-corrected chi connectivity index (χ3v) is 20.1. The molecule has 16 rings (SSSR count). The van der Waals surface area contributed by atoms with Gasteiger partial charge in [0, 0.05) is 72.8 Å². The van der Waals surface area contributed by atoms with Gasteiger partial charge in [0.2, 0.25) is 0 Å². The molecule has 0 bridgehead atoms. The van der Waals surface area contributed by atoms with Gasteiger partial charge in [0.25, 0.3) is 6.71 Å². The Bertz CT molecular complexity index is 4720. The lowest BCUT2D eigenvalue weighted by Crippen LogP contribution is -2.62. The van der Waals surface area contributed by atoms with Gasteiger partial charge in [-0.1, -0.05) is 289 Å². The summed E-state index contributed by atoms with van der Waals surface area (Å²) in [6.07, 6.45) is 0. The van der Waals surface area contributed by atoms with Gasteiger partial charge in [-0.3, -0.25) is 0 Å². The van der Waals surface area contributed by atoms with Crippen LogP contribution in [0.4, 0.5) is 34.1 Å². The first-order valence-corrected chi connectivity index (χ1v) is 33.8. The molecule has 4 aliphatic rings. The number of fused-ring (bicyclic) bond motifs is 8. The molecule has 462 valence electrons. The van der Waals surface area contributed by atoms with Crippen LogP contribution in [0.15, 0.2) is 261 Å². The van der Waals surface area contributed by atoms with Crippen molar-refractivity contribution in [2.75, 3.05) is 9.80 Å². The van der Waals surface area contributed by atoms with Crippen molar-refractivity contribution < 1.29 is 0 Å². The maximum Gasteiger partial charge on any atom is 0.252 e. The topological polar surface area (TPSA) is 32.3 Å². The van der Waals surface area contributed by atoms with Gasteiger partial charge in [-0.25, -0.2) is 9.97 Å². The zero-order valence-corrected chi connectivity index (χ0v) is 56.7. The van der Waals surface area contributed by atoms with Crippen molar-refractivity contribution in [2.24, 2.45) is 0 Å². The van der Waals surface area contributed by atoms with Crippen molar-refractivity contribution in [3.63, 3.8) is 0 Å². The third-order valence-electron chi connectivity index (χ3n) is 20.1. The average Bonchev–Trinajstić information content (AvgIpc) is 0.678. The summed E-state index contributed by atoms with van der Waals surface area (Å²) in [6.45, 7) is 28.2. The van der Waals surface area contributed by atoms with E-state index in [9.17, 15) is 0 Å². The number of benzene rings is 11. The van der Waals surface area contributed by atoms with E-state index < -0.39 is 0 Å². The van der Waals surface area contributed by atoms with Gasteiger partial charge in [0.1, 0.15) is 0 Å².